The first-order valence-electron chi connectivity index (χ1n) is 7.73. The maximum atomic E-state index is 12.4. The molecule has 0 spiro atoms. The zero-order chi connectivity index (χ0) is 13.9. The van der Waals surface area contributed by atoms with Crippen LogP contribution >= 0.6 is 0 Å². The highest BCUT2D eigenvalue weighted by Crippen LogP contribution is 2.25. The molecular formula is C16H22N2O2. The highest BCUT2D eigenvalue weighted by atomic mass is 16.5. The van der Waals surface area contributed by atoms with Gasteiger partial charge in [0.1, 0.15) is 0 Å². The molecule has 2 aliphatic carbocycles. The van der Waals surface area contributed by atoms with Crippen molar-refractivity contribution in [3.63, 3.8) is 0 Å². The average Bonchev–Trinajstić information content (AvgIpc) is 2.92. The van der Waals surface area contributed by atoms with Gasteiger partial charge in [0.05, 0.1) is 5.69 Å². The van der Waals surface area contributed by atoms with Crippen molar-refractivity contribution in [2.75, 3.05) is 0 Å². The molecule has 0 saturated heterocycles. The summed E-state index contributed by atoms with van der Waals surface area (Å²) in [5.41, 5.74) is 3.35. The van der Waals surface area contributed by atoms with Gasteiger partial charge >= 0.3 is 0 Å². The van der Waals surface area contributed by atoms with Crippen LogP contribution in [-0.2, 0) is 12.8 Å². The number of allylic oxidation sites excluding steroid dienone is 1. The van der Waals surface area contributed by atoms with E-state index < -0.39 is 0 Å². The summed E-state index contributed by atoms with van der Waals surface area (Å²) in [6.07, 6.45) is 11.1. The second kappa shape index (κ2) is 5.81. The molecule has 0 saturated carbocycles. The third-order valence-corrected chi connectivity index (χ3v) is 4.40. The molecule has 1 aromatic heterocycles. The number of carbonyl (C=O) groups is 1. The first kappa shape index (κ1) is 13.4. The van der Waals surface area contributed by atoms with Crippen molar-refractivity contribution in [2.24, 2.45) is 0 Å². The third kappa shape index (κ3) is 2.65. The van der Waals surface area contributed by atoms with E-state index >= 15 is 0 Å². The lowest BCUT2D eigenvalue weighted by Gasteiger charge is -2.20. The van der Waals surface area contributed by atoms with E-state index in [1.807, 2.05) is 0 Å². The van der Waals surface area contributed by atoms with E-state index in [1.54, 1.807) is 0 Å². The summed E-state index contributed by atoms with van der Waals surface area (Å²) in [6.45, 7) is 2.05. The Morgan fingerprint density at radius 1 is 1.25 bits per heavy atom. The summed E-state index contributed by atoms with van der Waals surface area (Å²) in [7, 11) is 0. The van der Waals surface area contributed by atoms with E-state index in [9.17, 15) is 4.79 Å². The molecule has 1 heterocycles. The molecule has 20 heavy (non-hydrogen) atoms. The number of aromatic nitrogens is 1. The fourth-order valence-electron chi connectivity index (χ4n) is 3.18. The van der Waals surface area contributed by atoms with Gasteiger partial charge in [-0.15, -0.1) is 0 Å². The van der Waals surface area contributed by atoms with E-state index in [-0.39, 0.29) is 11.9 Å². The molecule has 108 valence electrons. The SMILES string of the molecule is C[C@@H](NC(=O)c1onc2c1CCCC2)C1=CCCCC1. The molecule has 4 heteroatoms. The second-order valence-corrected chi connectivity index (χ2v) is 5.86. The Morgan fingerprint density at radius 2 is 2.05 bits per heavy atom. The minimum Gasteiger partial charge on any atom is -0.350 e. The first-order valence-corrected chi connectivity index (χ1v) is 7.73. The molecule has 0 fully saturated rings. The number of rotatable bonds is 3. The summed E-state index contributed by atoms with van der Waals surface area (Å²) in [5.74, 6) is 0.322. The fraction of sp³-hybridized carbons (Fsp3) is 0.625. The largest absolute Gasteiger partial charge is 0.350 e. The number of nitrogens with zero attached hydrogens (tertiary/aromatic N) is 1. The molecular weight excluding hydrogens is 252 g/mol. The lowest BCUT2D eigenvalue weighted by Crippen LogP contribution is -2.34. The van der Waals surface area contributed by atoms with Crippen LogP contribution in [0.2, 0.25) is 0 Å². The summed E-state index contributed by atoms with van der Waals surface area (Å²) < 4.78 is 5.29. The van der Waals surface area contributed by atoms with Gasteiger partial charge in [0.25, 0.3) is 5.91 Å². The predicted octanol–water partition coefficient (Wildman–Crippen LogP) is 3.17. The van der Waals surface area contributed by atoms with Crippen LogP contribution in [0.4, 0.5) is 0 Å². The van der Waals surface area contributed by atoms with Crippen LogP contribution in [0.15, 0.2) is 16.2 Å². The summed E-state index contributed by atoms with van der Waals surface area (Å²) in [4.78, 5) is 12.4. The van der Waals surface area contributed by atoms with E-state index in [2.05, 4.69) is 23.5 Å². The third-order valence-electron chi connectivity index (χ3n) is 4.40. The number of amides is 1. The van der Waals surface area contributed by atoms with Crippen LogP contribution in [0.5, 0.6) is 0 Å². The Hall–Kier alpha value is -1.58. The van der Waals surface area contributed by atoms with Gasteiger partial charge in [-0.2, -0.15) is 0 Å². The van der Waals surface area contributed by atoms with Crippen LogP contribution in [0, 0.1) is 0 Å². The van der Waals surface area contributed by atoms with E-state index in [4.69, 9.17) is 4.52 Å². The highest BCUT2D eigenvalue weighted by Gasteiger charge is 2.25. The molecule has 1 aromatic rings. The number of carbonyl (C=O) groups excluding carboxylic acids is 1. The van der Waals surface area contributed by atoms with Gasteiger partial charge in [-0.05, 0) is 58.3 Å². The van der Waals surface area contributed by atoms with E-state index in [0.29, 0.717) is 5.76 Å². The van der Waals surface area contributed by atoms with Gasteiger partial charge < -0.3 is 9.84 Å². The van der Waals surface area contributed by atoms with Crippen molar-refractivity contribution in [1.82, 2.24) is 10.5 Å². The van der Waals surface area contributed by atoms with Crippen LogP contribution in [-0.4, -0.2) is 17.1 Å². The molecule has 1 N–H and O–H groups in total. The summed E-state index contributed by atoms with van der Waals surface area (Å²) >= 11 is 0. The van der Waals surface area contributed by atoms with E-state index in [0.717, 1.165) is 49.8 Å². The number of fused-ring (bicyclic) bond motifs is 1. The molecule has 4 nitrogen and oxygen atoms in total. The Labute approximate surface area is 119 Å². The molecule has 0 unspecified atom stereocenters. The Morgan fingerprint density at radius 3 is 2.85 bits per heavy atom. The van der Waals surface area contributed by atoms with Crippen molar-refractivity contribution >= 4 is 5.91 Å². The monoisotopic (exact) mass is 274 g/mol. The Balaban J connectivity index is 1.70. The molecule has 1 amide bonds. The quantitative estimate of drug-likeness (QED) is 0.861. The molecule has 0 radical (unpaired) electrons. The lowest BCUT2D eigenvalue weighted by atomic mass is 9.94. The standard InChI is InChI=1S/C16H22N2O2/c1-11(12-7-3-2-4-8-12)17-16(19)15-13-9-5-6-10-14(13)18-20-15/h7,11H,2-6,8-10H2,1H3,(H,17,19)/t11-/m1/s1. The molecule has 3 rings (SSSR count). The highest BCUT2D eigenvalue weighted by molar-refractivity contribution is 5.93. The normalized spacial score (nSPS) is 19.9. The number of nitrogens with one attached hydrogen (secondary N) is 1. The molecule has 0 bridgehead atoms. The summed E-state index contributed by atoms with van der Waals surface area (Å²) in [5, 5.41) is 7.11. The van der Waals surface area contributed by atoms with Crippen molar-refractivity contribution in [3.8, 4) is 0 Å². The Bertz CT molecular complexity index is 531. The van der Waals surface area contributed by atoms with Crippen molar-refractivity contribution in [2.45, 2.75) is 64.3 Å². The number of hydrogen-bond donors (Lipinski definition) is 1. The lowest BCUT2D eigenvalue weighted by molar-refractivity contribution is 0.0906. The number of hydrogen-bond acceptors (Lipinski definition) is 3. The zero-order valence-electron chi connectivity index (χ0n) is 12.1. The molecule has 0 aromatic carbocycles. The van der Waals surface area contributed by atoms with Gasteiger partial charge in [-0.3, -0.25) is 4.79 Å². The second-order valence-electron chi connectivity index (χ2n) is 5.86. The fourth-order valence-corrected chi connectivity index (χ4v) is 3.18. The molecule has 0 aliphatic heterocycles. The average molecular weight is 274 g/mol. The van der Waals surface area contributed by atoms with Gasteiger partial charge in [-0.1, -0.05) is 16.8 Å². The topological polar surface area (TPSA) is 55.1 Å². The van der Waals surface area contributed by atoms with Crippen molar-refractivity contribution in [1.29, 1.82) is 0 Å². The predicted molar refractivity (Wildman–Crippen MR) is 76.6 cm³/mol. The minimum atomic E-state index is -0.111. The van der Waals surface area contributed by atoms with E-state index in [1.165, 1.54) is 18.4 Å². The van der Waals surface area contributed by atoms with Crippen LogP contribution in [0.3, 0.4) is 0 Å². The van der Waals surface area contributed by atoms with Gasteiger partial charge in [-0.25, -0.2) is 0 Å². The van der Waals surface area contributed by atoms with Gasteiger partial charge in [0, 0.05) is 11.6 Å². The maximum Gasteiger partial charge on any atom is 0.290 e. The van der Waals surface area contributed by atoms with Crippen molar-refractivity contribution in [3.05, 3.63) is 28.7 Å². The van der Waals surface area contributed by atoms with Crippen molar-refractivity contribution < 1.29 is 9.32 Å². The summed E-state index contributed by atoms with van der Waals surface area (Å²) in [6, 6.07) is 0.0899. The van der Waals surface area contributed by atoms with Crippen LogP contribution in [0.1, 0.15) is 67.3 Å². The number of aryl methyl sites for hydroxylation is 1. The first-order chi connectivity index (χ1) is 9.75. The zero-order valence-corrected chi connectivity index (χ0v) is 12.1. The maximum absolute atomic E-state index is 12.4. The smallest absolute Gasteiger partial charge is 0.290 e. The van der Waals surface area contributed by atoms with Gasteiger partial charge in [0.15, 0.2) is 0 Å². The molecule has 1 atom stereocenters. The molecule has 2 aliphatic rings. The minimum absolute atomic E-state index is 0.0899. The Kier molecular flexibility index (Phi) is 3.90. The van der Waals surface area contributed by atoms with Crippen LogP contribution < -0.4 is 5.32 Å². The van der Waals surface area contributed by atoms with Gasteiger partial charge in [0.2, 0.25) is 5.76 Å². The van der Waals surface area contributed by atoms with Crippen LogP contribution in [0.25, 0.3) is 0 Å².